The Bertz CT molecular complexity index is 1590. The predicted molar refractivity (Wildman–Crippen MR) is 155 cm³/mol. The number of hydrogen-bond donors (Lipinski definition) is 3. The number of carbonyl (C=O) groups is 2. The summed E-state index contributed by atoms with van der Waals surface area (Å²) in [7, 11) is 2.02. The summed E-state index contributed by atoms with van der Waals surface area (Å²) >= 11 is 0. The van der Waals surface area contributed by atoms with Gasteiger partial charge in [0.2, 0.25) is 0 Å². The Labute approximate surface area is 241 Å². The maximum atomic E-state index is 13.7. The van der Waals surface area contributed by atoms with Crippen molar-refractivity contribution in [2.24, 2.45) is 0 Å². The molecule has 4 aromatic rings. The third-order valence-electron chi connectivity index (χ3n) is 7.53. The molecule has 220 valence electrons. The molecule has 1 saturated heterocycles. The quantitative estimate of drug-likeness (QED) is 0.272. The zero-order valence-corrected chi connectivity index (χ0v) is 23.5. The Morgan fingerprint density at radius 2 is 1.74 bits per heavy atom. The molecule has 0 saturated carbocycles. The number of alkyl halides is 3. The van der Waals surface area contributed by atoms with Crippen molar-refractivity contribution >= 4 is 28.5 Å². The number of benzene rings is 2. The first-order valence-electron chi connectivity index (χ1n) is 13.9. The van der Waals surface area contributed by atoms with Crippen molar-refractivity contribution in [3.63, 3.8) is 0 Å². The van der Waals surface area contributed by atoms with Crippen LogP contribution in [-0.2, 0) is 25.7 Å². The lowest BCUT2D eigenvalue weighted by Gasteiger charge is -2.32. The summed E-state index contributed by atoms with van der Waals surface area (Å²) in [5.41, 5.74) is 2.83. The smallest absolute Gasteiger partial charge is 0.348 e. The Morgan fingerprint density at radius 1 is 0.952 bits per heavy atom. The minimum atomic E-state index is -4.55. The van der Waals surface area contributed by atoms with E-state index in [4.69, 9.17) is 0 Å². The third-order valence-corrected chi connectivity index (χ3v) is 7.53. The maximum absolute atomic E-state index is 13.7. The van der Waals surface area contributed by atoms with Crippen LogP contribution in [0.1, 0.15) is 49.9 Å². The van der Waals surface area contributed by atoms with Gasteiger partial charge in [0.15, 0.2) is 0 Å². The molecule has 5 rings (SSSR count). The number of aromatic nitrogens is 2. The first kappa shape index (κ1) is 29.3. The number of amides is 2. The van der Waals surface area contributed by atoms with Crippen molar-refractivity contribution in [1.82, 2.24) is 25.1 Å². The fraction of sp³-hybridized carbons (Fsp3) is 0.323. The number of halogens is 3. The molecule has 2 aromatic heterocycles. The van der Waals surface area contributed by atoms with Crippen molar-refractivity contribution in [1.29, 1.82) is 0 Å². The fourth-order valence-electron chi connectivity index (χ4n) is 5.10. The number of rotatable bonds is 8. The normalized spacial score (nSPS) is 14.7. The highest BCUT2D eigenvalue weighted by Gasteiger charge is 2.31. The van der Waals surface area contributed by atoms with Crippen LogP contribution in [0.2, 0.25) is 0 Å². The summed E-state index contributed by atoms with van der Waals surface area (Å²) in [5, 5.41) is 6.36. The molecule has 0 unspecified atom stereocenters. The molecule has 42 heavy (non-hydrogen) atoms. The van der Waals surface area contributed by atoms with E-state index in [9.17, 15) is 22.8 Å². The van der Waals surface area contributed by atoms with Crippen LogP contribution in [0, 0.1) is 0 Å². The average molecular weight is 579 g/mol. The van der Waals surface area contributed by atoms with Gasteiger partial charge in [-0.25, -0.2) is 4.98 Å². The number of pyridine rings is 1. The van der Waals surface area contributed by atoms with Gasteiger partial charge in [0.05, 0.1) is 11.1 Å². The number of H-pyrrole nitrogens is 1. The number of aryl methyl sites for hydroxylation is 1. The van der Waals surface area contributed by atoms with Crippen LogP contribution in [0.15, 0.2) is 60.9 Å². The van der Waals surface area contributed by atoms with E-state index in [1.165, 1.54) is 6.20 Å². The zero-order chi connectivity index (χ0) is 29.9. The van der Waals surface area contributed by atoms with Crippen LogP contribution in [0.5, 0.6) is 0 Å². The maximum Gasteiger partial charge on any atom is 0.416 e. The molecule has 3 heterocycles. The molecule has 0 aliphatic carbocycles. The second kappa shape index (κ2) is 12.3. The van der Waals surface area contributed by atoms with Gasteiger partial charge in [0.25, 0.3) is 11.8 Å². The molecule has 1 aliphatic rings. The number of hydrogen-bond acceptors (Lipinski definition) is 5. The molecule has 3 N–H and O–H groups in total. The molecule has 0 bridgehead atoms. The van der Waals surface area contributed by atoms with Crippen molar-refractivity contribution < 1.29 is 22.8 Å². The Balaban J connectivity index is 1.31. The van der Waals surface area contributed by atoms with Gasteiger partial charge in [0.1, 0.15) is 5.65 Å². The summed E-state index contributed by atoms with van der Waals surface area (Å²) in [5.74, 6) is -0.837. The number of nitrogens with one attached hydrogen (secondary N) is 3. The van der Waals surface area contributed by atoms with E-state index >= 15 is 0 Å². The van der Waals surface area contributed by atoms with Crippen molar-refractivity contribution in [3.8, 4) is 0 Å². The largest absolute Gasteiger partial charge is 0.416 e. The molecule has 8 nitrogen and oxygen atoms in total. The number of anilines is 1. The van der Waals surface area contributed by atoms with E-state index in [1.54, 1.807) is 36.5 Å². The Hall–Kier alpha value is -4.22. The Kier molecular flexibility index (Phi) is 8.60. The van der Waals surface area contributed by atoms with Crippen molar-refractivity contribution in [3.05, 3.63) is 94.3 Å². The van der Waals surface area contributed by atoms with Gasteiger partial charge in [-0.2, -0.15) is 13.2 Å². The minimum Gasteiger partial charge on any atom is -0.348 e. The van der Waals surface area contributed by atoms with E-state index in [0.29, 0.717) is 29.7 Å². The monoisotopic (exact) mass is 578 g/mol. The molecule has 2 aromatic carbocycles. The van der Waals surface area contributed by atoms with Gasteiger partial charge in [-0.05, 0) is 72.6 Å². The fourth-order valence-corrected chi connectivity index (χ4v) is 5.10. The lowest BCUT2D eigenvalue weighted by molar-refractivity contribution is -0.137. The standard InChI is InChI=1S/C31H33F3N6O2/c1-3-21-4-5-23(15-24(21)17-37-29(41)25-14-22-6-7-35-28(22)36-18-25)30(42)38-27-13-20(12-26(16-27)31(32,33)34)19-40-10-8-39(2)9-11-40/h4-7,12-16,18H,3,8-11,17,19H2,1-2H3,(H,35,36)(H,37,41)(H,38,42). The summed E-state index contributed by atoms with van der Waals surface area (Å²) in [4.78, 5) is 37.5. The molecule has 0 atom stereocenters. The molecule has 0 spiro atoms. The van der Waals surface area contributed by atoms with Gasteiger partial charge >= 0.3 is 6.18 Å². The van der Waals surface area contributed by atoms with Gasteiger partial charge in [0, 0.05) is 68.3 Å². The van der Waals surface area contributed by atoms with Gasteiger partial charge in [-0.3, -0.25) is 14.5 Å². The molecule has 0 radical (unpaired) electrons. The zero-order valence-electron chi connectivity index (χ0n) is 23.5. The molecular weight excluding hydrogens is 545 g/mol. The highest BCUT2D eigenvalue weighted by Crippen LogP contribution is 2.32. The van der Waals surface area contributed by atoms with Crippen molar-refractivity contribution in [2.75, 3.05) is 38.5 Å². The highest BCUT2D eigenvalue weighted by atomic mass is 19.4. The van der Waals surface area contributed by atoms with Crippen LogP contribution in [0.25, 0.3) is 11.0 Å². The second-order valence-electron chi connectivity index (χ2n) is 10.6. The van der Waals surface area contributed by atoms with E-state index in [-0.39, 0.29) is 23.7 Å². The third kappa shape index (κ3) is 6.97. The van der Waals surface area contributed by atoms with Crippen LogP contribution in [0.3, 0.4) is 0 Å². The summed E-state index contributed by atoms with van der Waals surface area (Å²) in [6.07, 6.45) is -0.636. The first-order valence-corrected chi connectivity index (χ1v) is 13.9. The van der Waals surface area contributed by atoms with E-state index in [2.05, 4.69) is 30.4 Å². The van der Waals surface area contributed by atoms with E-state index in [0.717, 1.165) is 54.8 Å². The minimum absolute atomic E-state index is 0.0843. The summed E-state index contributed by atoms with van der Waals surface area (Å²) in [6, 6.07) is 12.4. The topological polar surface area (TPSA) is 93.4 Å². The molecular formula is C31H33F3N6O2. The summed E-state index contributed by atoms with van der Waals surface area (Å²) < 4.78 is 41.2. The number of carbonyl (C=O) groups excluding carboxylic acids is 2. The van der Waals surface area contributed by atoms with E-state index < -0.39 is 17.6 Å². The van der Waals surface area contributed by atoms with E-state index in [1.807, 2.05) is 20.0 Å². The average Bonchev–Trinajstić information content (AvgIpc) is 3.44. The van der Waals surface area contributed by atoms with Crippen LogP contribution in [-0.4, -0.2) is 64.8 Å². The second-order valence-corrected chi connectivity index (χ2v) is 10.6. The van der Waals surface area contributed by atoms with Crippen LogP contribution >= 0.6 is 0 Å². The van der Waals surface area contributed by atoms with Gasteiger partial charge in [-0.15, -0.1) is 0 Å². The van der Waals surface area contributed by atoms with Crippen LogP contribution < -0.4 is 10.6 Å². The molecule has 1 fully saturated rings. The predicted octanol–water partition coefficient (Wildman–Crippen LogP) is 5.07. The first-order chi connectivity index (χ1) is 20.1. The van der Waals surface area contributed by atoms with Gasteiger partial charge in [-0.1, -0.05) is 13.0 Å². The molecule has 11 heteroatoms. The number of fused-ring (bicyclic) bond motifs is 1. The molecule has 1 aliphatic heterocycles. The Morgan fingerprint density at radius 3 is 2.48 bits per heavy atom. The number of likely N-dealkylation sites (N-methyl/N-ethyl adjacent to an activating group) is 1. The lowest BCUT2D eigenvalue weighted by atomic mass is 10.0. The number of nitrogens with zero attached hydrogens (tertiary/aromatic N) is 3. The van der Waals surface area contributed by atoms with Gasteiger partial charge < -0.3 is 20.5 Å². The number of piperazine rings is 1. The SMILES string of the molecule is CCc1ccc(C(=O)Nc2cc(CN3CCN(C)CC3)cc(C(F)(F)F)c2)cc1CNC(=O)c1cnc2[nH]ccc2c1. The lowest BCUT2D eigenvalue weighted by Crippen LogP contribution is -2.43. The van der Waals surface area contributed by atoms with Crippen molar-refractivity contribution in [2.45, 2.75) is 32.6 Å². The number of aromatic amines is 1. The van der Waals surface area contributed by atoms with Crippen LogP contribution in [0.4, 0.5) is 18.9 Å². The summed E-state index contributed by atoms with van der Waals surface area (Å²) in [6.45, 7) is 5.71. The molecule has 2 amide bonds. The highest BCUT2D eigenvalue weighted by molar-refractivity contribution is 6.04.